The van der Waals surface area contributed by atoms with Crippen molar-refractivity contribution in [3.8, 4) is 0 Å². The maximum atomic E-state index is 3.84. The Bertz CT molecular complexity index is 1990. The average Bonchev–Trinajstić information content (AvgIpc) is 3.40. The van der Waals surface area contributed by atoms with Crippen molar-refractivity contribution in [1.82, 2.24) is 63.8 Å². The Morgan fingerprint density at radius 3 is 0.542 bits per heavy atom. The summed E-state index contributed by atoms with van der Waals surface area (Å²) in [5.41, 5.74) is 25.5. The van der Waals surface area contributed by atoms with Crippen LogP contribution in [0.3, 0.4) is 0 Å². The predicted octanol–water partition coefficient (Wildman–Crippen LogP) is 6.71. The van der Waals surface area contributed by atoms with E-state index < -0.39 is 0 Å². The van der Waals surface area contributed by atoms with E-state index in [0.29, 0.717) is 0 Å². The molecule has 0 spiro atoms. The maximum Gasteiger partial charge on any atom is 0.0459 e. The molecule has 12 bridgehead atoms. The molecule has 5 aromatic rings. The standard InChI is InChI=1S/C60H90N12/c1-7-49-55-31-67-37-61-25-43-16-13-18-45(22-43)28-64-40-70-34-58-52(10-4)59-35-71-41-65-29-46-19-14-17-44(23-46)26-62-38-68-32-56(49)51(9-3)57(50(55)8-2)33-69-39-63-27-47-20-15-21-48(24-47)30-66-42-72-36-60(53(58)11-5)54(59)12-6/h13-24,61-72H,7-12,25-42H2,1-6H3. The monoisotopic (exact) mass is 979 g/mol. The molecule has 0 unspecified atom stereocenters. The van der Waals surface area contributed by atoms with Crippen LogP contribution in [-0.2, 0) is 117 Å². The molecule has 390 valence electrons. The number of benzene rings is 5. The Morgan fingerprint density at radius 2 is 0.389 bits per heavy atom. The van der Waals surface area contributed by atoms with Gasteiger partial charge in [-0.15, -0.1) is 0 Å². The molecule has 3 aliphatic heterocycles. The zero-order valence-electron chi connectivity index (χ0n) is 44.9. The van der Waals surface area contributed by atoms with Gasteiger partial charge in [-0.3, -0.25) is 0 Å². The number of rotatable bonds is 6. The summed E-state index contributed by atoms with van der Waals surface area (Å²) in [6.45, 7) is 28.2. The van der Waals surface area contributed by atoms with Crippen LogP contribution in [0, 0.1) is 0 Å². The van der Waals surface area contributed by atoms with Crippen LogP contribution in [0.15, 0.2) is 72.8 Å². The van der Waals surface area contributed by atoms with Crippen molar-refractivity contribution in [2.75, 3.05) is 40.0 Å². The van der Waals surface area contributed by atoms with E-state index in [9.17, 15) is 0 Å². The molecule has 0 aromatic heterocycles. The second-order valence-corrected chi connectivity index (χ2v) is 19.5. The molecule has 0 amide bonds. The van der Waals surface area contributed by atoms with Gasteiger partial charge in [-0.25, -0.2) is 0 Å². The quantitative estimate of drug-likeness (QED) is 0.0880. The van der Waals surface area contributed by atoms with Crippen LogP contribution >= 0.6 is 0 Å². The Hall–Kier alpha value is -4.38. The summed E-state index contributed by atoms with van der Waals surface area (Å²) in [6, 6.07) is 27.0. The highest BCUT2D eigenvalue weighted by Crippen LogP contribution is 2.32. The summed E-state index contributed by atoms with van der Waals surface area (Å²) < 4.78 is 0. The lowest BCUT2D eigenvalue weighted by Gasteiger charge is -2.27. The van der Waals surface area contributed by atoms with E-state index in [2.05, 4.69) is 178 Å². The molecule has 0 saturated heterocycles. The first kappa shape index (κ1) is 55.4. The molecule has 72 heavy (non-hydrogen) atoms. The first-order valence-electron chi connectivity index (χ1n) is 27.6. The molecule has 0 radical (unpaired) electrons. The molecule has 12 nitrogen and oxygen atoms in total. The molecule has 5 aromatic carbocycles. The first-order valence-corrected chi connectivity index (χ1v) is 27.6. The molecule has 3 heterocycles. The van der Waals surface area contributed by atoms with Crippen molar-refractivity contribution in [2.45, 2.75) is 159 Å². The molecule has 0 saturated carbocycles. The fraction of sp³-hybridized carbons (Fsp3) is 0.500. The van der Waals surface area contributed by atoms with Gasteiger partial charge in [-0.1, -0.05) is 114 Å². The van der Waals surface area contributed by atoms with Gasteiger partial charge in [-0.05, 0) is 139 Å². The third kappa shape index (κ3) is 15.3. The molecule has 8 rings (SSSR count). The second-order valence-electron chi connectivity index (χ2n) is 19.5. The lowest BCUT2D eigenvalue weighted by atomic mass is 9.83. The molecule has 0 fully saturated rings. The highest BCUT2D eigenvalue weighted by Gasteiger charge is 2.23. The van der Waals surface area contributed by atoms with Crippen LogP contribution in [0.2, 0.25) is 0 Å². The van der Waals surface area contributed by atoms with Gasteiger partial charge >= 0.3 is 0 Å². The number of nitrogens with one attached hydrogen (secondary N) is 12. The van der Waals surface area contributed by atoms with E-state index in [1.165, 1.54) is 100 Å². The van der Waals surface area contributed by atoms with Gasteiger partial charge in [-0.2, -0.15) is 0 Å². The topological polar surface area (TPSA) is 144 Å². The van der Waals surface area contributed by atoms with Gasteiger partial charge in [0, 0.05) is 119 Å². The SMILES string of the molecule is CCc1c2c(CC)c3c(CC)c1CNCNCc1cccc(c1)CNCNCc1c(CC)c(c(CC)c(c1CC)CNCNCc1cccc(c1)CNCNC3)CNCNCc1cccc(c1)CNCNC2. The minimum absolute atomic E-state index is 0.728. The predicted molar refractivity (Wildman–Crippen MR) is 300 cm³/mol. The van der Waals surface area contributed by atoms with Gasteiger partial charge in [0.25, 0.3) is 0 Å². The largest absolute Gasteiger partial charge is 0.300 e. The summed E-state index contributed by atoms with van der Waals surface area (Å²) in [4.78, 5) is 0. The fourth-order valence-electron chi connectivity index (χ4n) is 11.5. The van der Waals surface area contributed by atoms with E-state index in [1.54, 1.807) is 0 Å². The van der Waals surface area contributed by atoms with Crippen molar-refractivity contribution >= 4 is 0 Å². The van der Waals surface area contributed by atoms with Crippen LogP contribution in [0.4, 0.5) is 0 Å². The van der Waals surface area contributed by atoms with Crippen molar-refractivity contribution in [1.29, 1.82) is 0 Å². The number of hydrogen-bond donors (Lipinski definition) is 12. The van der Waals surface area contributed by atoms with Crippen LogP contribution in [0.1, 0.15) is 142 Å². The van der Waals surface area contributed by atoms with Crippen LogP contribution < -0.4 is 63.8 Å². The Kier molecular flexibility index (Phi) is 23.2. The lowest BCUT2D eigenvalue weighted by molar-refractivity contribution is 0.557. The first-order chi connectivity index (χ1) is 35.5. The maximum absolute atomic E-state index is 3.84. The molecular weight excluding hydrogens is 889 g/mol. The number of hydrogen-bond acceptors (Lipinski definition) is 12. The van der Waals surface area contributed by atoms with Gasteiger partial charge in [0.2, 0.25) is 0 Å². The summed E-state index contributed by atoms with van der Waals surface area (Å²) in [6.07, 6.45) is 5.97. The smallest absolute Gasteiger partial charge is 0.0459 e. The second kappa shape index (κ2) is 30.1. The molecule has 0 atom stereocenters. The van der Waals surface area contributed by atoms with Crippen molar-refractivity contribution in [3.63, 3.8) is 0 Å². The van der Waals surface area contributed by atoms with Gasteiger partial charge in [0.15, 0.2) is 0 Å². The van der Waals surface area contributed by atoms with E-state index >= 15 is 0 Å². The van der Waals surface area contributed by atoms with Crippen molar-refractivity contribution < 1.29 is 0 Å². The zero-order chi connectivity index (χ0) is 50.3. The third-order valence-corrected chi connectivity index (χ3v) is 14.8. The van der Waals surface area contributed by atoms with Crippen LogP contribution in [0.25, 0.3) is 0 Å². The lowest BCUT2D eigenvalue weighted by Crippen LogP contribution is -2.33. The molecule has 3 aliphatic rings. The van der Waals surface area contributed by atoms with E-state index in [1.807, 2.05) is 0 Å². The summed E-state index contributed by atoms with van der Waals surface area (Å²) in [5.74, 6) is 0. The highest BCUT2D eigenvalue weighted by molar-refractivity contribution is 5.54. The minimum Gasteiger partial charge on any atom is -0.300 e. The average molecular weight is 979 g/mol. The molecule has 12 N–H and O–H groups in total. The molecule has 0 aliphatic carbocycles. The zero-order valence-corrected chi connectivity index (χ0v) is 44.9. The van der Waals surface area contributed by atoms with Crippen molar-refractivity contribution in [2.24, 2.45) is 0 Å². The summed E-state index contributed by atoms with van der Waals surface area (Å²) >= 11 is 0. The Labute approximate surface area is 433 Å². The Balaban J connectivity index is 1.22. The van der Waals surface area contributed by atoms with E-state index in [4.69, 9.17) is 0 Å². The summed E-state index contributed by atoms with van der Waals surface area (Å²) in [5, 5.41) is 45.3. The van der Waals surface area contributed by atoms with E-state index in [-0.39, 0.29) is 0 Å². The van der Waals surface area contributed by atoms with Crippen LogP contribution in [0.5, 0.6) is 0 Å². The van der Waals surface area contributed by atoms with Crippen LogP contribution in [-0.4, -0.2) is 40.0 Å². The van der Waals surface area contributed by atoms with Gasteiger partial charge < -0.3 is 63.8 Å². The van der Waals surface area contributed by atoms with Gasteiger partial charge in [0.1, 0.15) is 0 Å². The highest BCUT2D eigenvalue weighted by atomic mass is 15.1. The normalized spacial score (nSPS) is 17.1. The van der Waals surface area contributed by atoms with E-state index in [0.717, 1.165) is 157 Å². The number of fused-ring (bicyclic) bond motifs is 24. The van der Waals surface area contributed by atoms with Gasteiger partial charge in [0.05, 0.1) is 0 Å². The molecular formula is C60H90N12. The third-order valence-electron chi connectivity index (χ3n) is 14.8. The summed E-state index contributed by atoms with van der Waals surface area (Å²) in [7, 11) is 0. The van der Waals surface area contributed by atoms with Crippen molar-refractivity contribution in [3.05, 3.63) is 173 Å². The minimum atomic E-state index is 0.728. The molecule has 12 heteroatoms. The Morgan fingerprint density at radius 1 is 0.236 bits per heavy atom. The fourth-order valence-corrected chi connectivity index (χ4v) is 11.5.